The lowest BCUT2D eigenvalue weighted by Crippen LogP contribution is -2.50. The molecule has 2 aromatic heterocycles. The molecule has 0 unspecified atom stereocenters. The lowest BCUT2D eigenvalue weighted by Gasteiger charge is -2.33. The Hall–Kier alpha value is -2.83. The molecule has 0 radical (unpaired) electrons. The van der Waals surface area contributed by atoms with Crippen molar-refractivity contribution < 1.29 is 18.1 Å². The zero-order chi connectivity index (χ0) is 23.9. The van der Waals surface area contributed by atoms with E-state index < -0.39 is 14.9 Å². The minimum Gasteiger partial charge on any atom is -0.335 e. The van der Waals surface area contributed by atoms with Gasteiger partial charge in [0.1, 0.15) is 4.83 Å². The van der Waals surface area contributed by atoms with Gasteiger partial charge in [-0.2, -0.15) is 9.40 Å². The summed E-state index contributed by atoms with van der Waals surface area (Å²) < 4.78 is 29.1. The highest BCUT2D eigenvalue weighted by molar-refractivity contribution is 7.89. The van der Waals surface area contributed by atoms with Crippen molar-refractivity contribution in [3.8, 4) is 0 Å². The summed E-state index contributed by atoms with van der Waals surface area (Å²) in [5, 5.41) is 16.5. The van der Waals surface area contributed by atoms with Crippen molar-refractivity contribution in [1.29, 1.82) is 0 Å². The molecule has 1 fully saturated rings. The number of sulfonamides is 1. The predicted molar refractivity (Wildman–Crippen MR) is 125 cm³/mol. The number of thiophene rings is 1. The summed E-state index contributed by atoms with van der Waals surface area (Å²) in [6, 6.07) is 6.89. The van der Waals surface area contributed by atoms with Crippen LogP contribution in [0.1, 0.15) is 29.2 Å². The number of nitrogens with zero attached hydrogens (tertiary/aromatic N) is 5. The van der Waals surface area contributed by atoms with Crippen molar-refractivity contribution in [1.82, 2.24) is 19.0 Å². The highest BCUT2D eigenvalue weighted by Gasteiger charge is 2.32. The first kappa shape index (κ1) is 23.3. The lowest BCUT2D eigenvalue weighted by molar-refractivity contribution is -0.385. The maximum atomic E-state index is 13.1. The van der Waals surface area contributed by atoms with E-state index in [0.717, 1.165) is 28.5 Å². The largest absolute Gasteiger partial charge is 0.335 e. The van der Waals surface area contributed by atoms with Gasteiger partial charge in [-0.25, -0.2) is 8.42 Å². The van der Waals surface area contributed by atoms with Crippen LogP contribution in [0.15, 0.2) is 35.2 Å². The van der Waals surface area contributed by atoms with Crippen molar-refractivity contribution in [2.75, 3.05) is 26.2 Å². The smallest absolute Gasteiger partial charge is 0.270 e. The zero-order valence-electron chi connectivity index (χ0n) is 18.6. The van der Waals surface area contributed by atoms with Crippen molar-refractivity contribution in [3.63, 3.8) is 0 Å². The van der Waals surface area contributed by atoms with E-state index in [0.29, 0.717) is 10.8 Å². The van der Waals surface area contributed by atoms with Gasteiger partial charge in [0.25, 0.3) is 11.6 Å². The molecule has 0 saturated carbocycles. The second-order valence-electron chi connectivity index (χ2n) is 8.44. The van der Waals surface area contributed by atoms with Crippen LogP contribution in [0.5, 0.6) is 0 Å². The van der Waals surface area contributed by atoms with Crippen molar-refractivity contribution in [3.05, 3.63) is 51.0 Å². The first-order valence-corrected chi connectivity index (χ1v) is 12.8. The third-order valence-corrected chi connectivity index (χ3v) is 8.58. The van der Waals surface area contributed by atoms with Crippen LogP contribution in [0.4, 0.5) is 5.69 Å². The molecular weight excluding hydrogens is 466 g/mol. The quantitative estimate of drug-likeness (QED) is 0.386. The maximum absolute atomic E-state index is 13.1. The first-order chi connectivity index (χ1) is 15.6. The number of amides is 1. The Labute approximate surface area is 195 Å². The fourth-order valence-electron chi connectivity index (χ4n) is 3.88. The van der Waals surface area contributed by atoms with Gasteiger partial charge in [0.05, 0.1) is 20.4 Å². The van der Waals surface area contributed by atoms with E-state index in [1.54, 1.807) is 4.90 Å². The Morgan fingerprint density at radius 1 is 1.21 bits per heavy atom. The summed E-state index contributed by atoms with van der Waals surface area (Å²) in [5.41, 5.74) is 0.606. The Morgan fingerprint density at radius 2 is 1.91 bits per heavy atom. The molecule has 1 amide bonds. The molecule has 0 spiro atoms. The third-order valence-electron chi connectivity index (χ3n) is 5.55. The molecule has 0 N–H and O–H groups in total. The molecule has 12 heteroatoms. The molecule has 1 aliphatic rings. The van der Waals surface area contributed by atoms with Gasteiger partial charge in [-0.3, -0.25) is 19.6 Å². The van der Waals surface area contributed by atoms with Crippen LogP contribution in [0.25, 0.3) is 10.2 Å². The topological polar surface area (TPSA) is 119 Å². The number of piperazine rings is 1. The van der Waals surface area contributed by atoms with Crippen LogP contribution in [0.3, 0.4) is 0 Å². The van der Waals surface area contributed by atoms with Crippen LogP contribution in [-0.2, 0) is 16.6 Å². The summed E-state index contributed by atoms with van der Waals surface area (Å²) in [7, 11) is -3.88. The summed E-state index contributed by atoms with van der Waals surface area (Å²) >= 11 is 1.41. The number of fused-ring (bicyclic) bond motifs is 1. The van der Waals surface area contributed by atoms with Crippen molar-refractivity contribution >= 4 is 43.2 Å². The van der Waals surface area contributed by atoms with Gasteiger partial charge < -0.3 is 4.90 Å². The molecule has 0 aliphatic carbocycles. The van der Waals surface area contributed by atoms with Gasteiger partial charge in [-0.05, 0) is 25.0 Å². The fraction of sp³-hybridized carbons (Fsp3) is 0.429. The number of non-ortho nitro benzene ring substituents is 1. The van der Waals surface area contributed by atoms with E-state index in [1.807, 2.05) is 17.7 Å². The molecule has 1 aromatic carbocycles. The third kappa shape index (κ3) is 4.50. The highest BCUT2D eigenvalue weighted by atomic mass is 32.2. The van der Waals surface area contributed by atoms with Crippen molar-refractivity contribution in [2.24, 2.45) is 5.92 Å². The molecule has 3 heterocycles. The van der Waals surface area contributed by atoms with E-state index >= 15 is 0 Å². The van der Waals surface area contributed by atoms with Gasteiger partial charge in [-0.1, -0.05) is 19.9 Å². The minimum absolute atomic E-state index is 0.119. The molecule has 176 valence electrons. The van der Waals surface area contributed by atoms with Gasteiger partial charge in [0.15, 0.2) is 0 Å². The normalized spacial score (nSPS) is 15.5. The van der Waals surface area contributed by atoms with Gasteiger partial charge in [0, 0.05) is 50.2 Å². The molecule has 1 aliphatic heterocycles. The van der Waals surface area contributed by atoms with Crippen LogP contribution in [-0.4, -0.2) is 64.4 Å². The van der Waals surface area contributed by atoms with Crippen LogP contribution >= 0.6 is 11.3 Å². The Morgan fingerprint density at radius 3 is 2.55 bits per heavy atom. The Balaban J connectivity index is 1.48. The predicted octanol–water partition coefficient (Wildman–Crippen LogP) is 3.12. The number of benzene rings is 1. The standard InChI is InChI=1S/C21H25N5O5S2/c1-14(2)13-25-21-18(15(3)22-25)12-19(32-21)20(27)23-7-9-24(10-8-23)33(30,31)17-6-4-5-16(11-17)26(28)29/h4-6,11-12,14H,7-10,13H2,1-3H3. The summed E-state index contributed by atoms with van der Waals surface area (Å²) in [5.74, 6) is 0.300. The molecule has 0 bridgehead atoms. The van der Waals surface area contributed by atoms with Crippen molar-refractivity contribution in [2.45, 2.75) is 32.2 Å². The molecule has 0 atom stereocenters. The number of carbonyl (C=O) groups excluding carboxylic acids is 1. The van der Waals surface area contributed by atoms with E-state index in [4.69, 9.17) is 0 Å². The summed E-state index contributed by atoms with van der Waals surface area (Å²) in [6.45, 7) is 7.68. The minimum atomic E-state index is -3.88. The number of hydrogen-bond donors (Lipinski definition) is 0. The number of aromatic nitrogens is 2. The number of nitro benzene ring substituents is 1. The molecule has 1 saturated heterocycles. The average Bonchev–Trinajstić information content (AvgIpc) is 3.34. The van der Waals surface area contributed by atoms with E-state index in [2.05, 4.69) is 18.9 Å². The maximum Gasteiger partial charge on any atom is 0.270 e. The molecule has 10 nitrogen and oxygen atoms in total. The zero-order valence-corrected chi connectivity index (χ0v) is 20.2. The summed E-state index contributed by atoms with van der Waals surface area (Å²) in [6.07, 6.45) is 0. The van der Waals surface area contributed by atoms with Gasteiger partial charge in [-0.15, -0.1) is 11.3 Å². The molecule has 33 heavy (non-hydrogen) atoms. The Bertz CT molecular complexity index is 1320. The summed E-state index contributed by atoms with van der Waals surface area (Å²) in [4.78, 5) is 26.6. The molecular formula is C21H25N5O5S2. The second-order valence-corrected chi connectivity index (χ2v) is 11.4. The van der Waals surface area contributed by atoms with Crippen LogP contribution in [0.2, 0.25) is 0 Å². The number of rotatable bonds is 6. The SMILES string of the molecule is Cc1nn(CC(C)C)c2sc(C(=O)N3CCN(S(=O)(=O)c4cccc([N+](=O)[O-])c4)CC3)cc12. The van der Waals surface area contributed by atoms with Gasteiger partial charge in [0.2, 0.25) is 10.0 Å². The van der Waals surface area contributed by atoms with E-state index in [1.165, 1.54) is 33.8 Å². The average molecular weight is 492 g/mol. The highest BCUT2D eigenvalue weighted by Crippen LogP contribution is 2.30. The number of hydrogen-bond acceptors (Lipinski definition) is 7. The number of carbonyl (C=O) groups is 1. The van der Waals surface area contributed by atoms with E-state index in [-0.39, 0.29) is 42.7 Å². The Kier molecular flexibility index (Phi) is 6.25. The molecule has 4 rings (SSSR count). The second kappa shape index (κ2) is 8.84. The van der Waals surface area contributed by atoms with Crippen LogP contribution in [0, 0.1) is 23.0 Å². The first-order valence-electron chi connectivity index (χ1n) is 10.6. The molecule has 3 aromatic rings. The van der Waals surface area contributed by atoms with Crippen LogP contribution < -0.4 is 0 Å². The lowest BCUT2D eigenvalue weighted by atomic mass is 10.2. The fourth-order valence-corrected chi connectivity index (χ4v) is 6.48. The van der Waals surface area contributed by atoms with Gasteiger partial charge >= 0.3 is 0 Å². The van der Waals surface area contributed by atoms with E-state index in [9.17, 15) is 23.3 Å². The monoisotopic (exact) mass is 491 g/mol. The number of nitro groups is 1. The number of aryl methyl sites for hydroxylation is 1.